The van der Waals surface area contributed by atoms with E-state index in [1.165, 1.54) is 18.6 Å². The van der Waals surface area contributed by atoms with E-state index in [2.05, 4.69) is 9.97 Å². The molecule has 0 radical (unpaired) electrons. The molecule has 0 amide bonds. The van der Waals surface area contributed by atoms with E-state index in [-0.39, 0.29) is 5.82 Å². The van der Waals surface area contributed by atoms with Gasteiger partial charge in [-0.1, -0.05) is 11.6 Å². The number of benzene rings is 1. The van der Waals surface area contributed by atoms with E-state index in [9.17, 15) is 4.39 Å². The Bertz CT molecular complexity index is 470. The van der Waals surface area contributed by atoms with Gasteiger partial charge < -0.3 is 0 Å². The molecule has 2 aromatic rings. The molecule has 0 fully saturated rings. The molecule has 0 aliphatic rings. The Morgan fingerprint density at radius 2 is 2.23 bits per heavy atom. The molecule has 0 bridgehead atoms. The minimum Gasteiger partial charge on any atom is -0.244 e. The van der Waals surface area contributed by atoms with Gasteiger partial charge in [-0.3, -0.25) is 0 Å². The number of aryl methyl sites for hydroxylation is 1. The van der Waals surface area contributed by atoms with Gasteiger partial charge in [0.25, 0.3) is 0 Å². The van der Waals surface area contributed by atoms with Gasteiger partial charge >= 0.3 is 0 Å². The molecule has 0 unspecified atom stereocenters. The third-order valence-electron chi connectivity index (χ3n) is 1.94. The average molecular weight is 197 g/mol. The summed E-state index contributed by atoms with van der Waals surface area (Å²) in [5.41, 5.74) is 1.35. The summed E-state index contributed by atoms with van der Waals surface area (Å²) in [5, 5.41) is 0.799. The molecule has 0 atom stereocenters. The molecule has 2 nitrogen and oxygen atoms in total. The number of aromatic nitrogens is 2. The highest BCUT2D eigenvalue weighted by Crippen LogP contribution is 2.25. The molecule has 4 heteroatoms. The van der Waals surface area contributed by atoms with Crippen molar-refractivity contribution >= 4 is 22.5 Å². The Hall–Kier alpha value is -1.22. The van der Waals surface area contributed by atoms with Crippen LogP contribution in [0.3, 0.4) is 0 Å². The van der Waals surface area contributed by atoms with E-state index in [1.54, 1.807) is 6.92 Å². The Morgan fingerprint density at radius 3 is 3.00 bits per heavy atom. The van der Waals surface area contributed by atoms with Crippen LogP contribution in [0.2, 0.25) is 5.02 Å². The molecule has 1 aromatic carbocycles. The summed E-state index contributed by atoms with van der Waals surface area (Å²) < 4.78 is 13.3. The highest BCUT2D eigenvalue weighted by Gasteiger charge is 2.07. The molecule has 13 heavy (non-hydrogen) atoms. The van der Waals surface area contributed by atoms with Crippen molar-refractivity contribution in [1.82, 2.24) is 9.97 Å². The fourth-order valence-corrected chi connectivity index (χ4v) is 1.40. The number of hydrogen-bond acceptors (Lipinski definition) is 2. The highest BCUT2D eigenvalue weighted by atomic mass is 35.5. The van der Waals surface area contributed by atoms with Crippen molar-refractivity contribution in [3.05, 3.63) is 35.0 Å². The lowest BCUT2D eigenvalue weighted by Gasteiger charge is -2.03. The van der Waals surface area contributed by atoms with E-state index >= 15 is 0 Å². The fourth-order valence-electron chi connectivity index (χ4n) is 1.21. The van der Waals surface area contributed by atoms with E-state index in [4.69, 9.17) is 11.6 Å². The maximum absolute atomic E-state index is 13.3. The van der Waals surface area contributed by atoms with E-state index < -0.39 is 0 Å². The summed E-state index contributed by atoms with van der Waals surface area (Å²) in [6.07, 6.45) is 2.83. The van der Waals surface area contributed by atoms with Crippen LogP contribution in [-0.4, -0.2) is 9.97 Å². The molecule has 0 aliphatic carbocycles. The Balaban J connectivity index is 2.97. The number of fused-ring (bicyclic) bond motifs is 1. The van der Waals surface area contributed by atoms with Crippen LogP contribution in [-0.2, 0) is 0 Å². The number of hydrogen-bond donors (Lipinski definition) is 0. The summed E-state index contributed by atoms with van der Waals surface area (Å²) in [5.74, 6) is -0.383. The van der Waals surface area contributed by atoms with Crippen molar-refractivity contribution in [3.63, 3.8) is 0 Å². The second-order valence-electron chi connectivity index (χ2n) is 2.75. The lowest BCUT2D eigenvalue weighted by atomic mass is 10.1. The van der Waals surface area contributed by atoms with Gasteiger partial charge in [0.2, 0.25) is 0 Å². The highest BCUT2D eigenvalue weighted by molar-refractivity contribution is 6.32. The lowest BCUT2D eigenvalue weighted by Crippen LogP contribution is -1.89. The number of nitrogens with zero attached hydrogens (tertiary/aromatic N) is 2. The van der Waals surface area contributed by atoms with Gasteiger partial charge in [-0.15, -0.1) is 0 Å². The van der Waals surface area contributed by atoms with E-state index in [1.807, 2.05) is 0 Å². The Kier molecular flexibility index (Phi) is 1.88. The predicted octanol–water partition coefficient (Wildman–Crippen LogP) is 2.73. The van der Waals surface area contributed by atoms with Gasteiger partial charge in [0.15, 0.2) is 0 Å². The van der Waals surface area contributed by atoms with Crippen molar-refractivity contribution in [2.75, 3.05) is 0 Å². The van der Waals surface area contributed by atoms with Crippen LogP contribution in [0, 0.1) is 12.7 Å². The molecule has 66 valence electrons. The summed E-state index contributed by atoms with van der Waals surface area (Å²) >= 11 is 5.79. The molecule has 0 saturated carbocycles. The summed E-state index contributed by atoms with van der Waals surface area (Å²) in [6, 6.07) is 1.28. The standard InChI is InChI=1S/C9H6ClFN2/c1-5-7(10)2-8(11)6-3-12-4-13-9(5)6/h2-4H,1H3. The maximum atomic E-state index is 13.3. The zero-order chi connectivity index (χ0) is 9.42. The zero-order valence-corrected chi connectivity index (χ0v) is 7.64. The van der Waals surface area contributed by atoms with Gasteiger partial charge in [0.05, 0.1) is 10.9 Å². The molecular formula is C9H6ClFN2. The van der Waals surface area contributed by atoms with Gasteiger partial charge in [0, 0.05) is 11.2 Å². The van der Waals surface area contributed by atoms with Crippen LogP contribution in [0.4, 0.5) is 4.39 Å². The summed E-state index contributed by atoms with van der Waals surface area (Å²) in [6.45, 7) is 1.80. The van der Waals surface area contributed by atoms with Gasteiger partial charge in [-0.2, -0.15) is 0 Å². The van der Waals surface area contributed by atoms with Crippen LogP contribution in [0.15, 0.2) is 18.6 Å². The first-order chi connectivity index (χ1) is 6.20. The first kappa shape index (κ1) is 8.38. The monoisotopic (exact) mass is 196 g/mol. The van der Waals surface area contributed by atoms with E-state index in [0.29, 0.717) is 15.9 Å². The molecule has 2 rings (SSSR count). The van der Waals surface area contributed by atoms with Crippen LogP contribution in [0.1, 0.15) is 5.56 Å². The van der Waals surface area contributed by atoms with Crippen molar-refractivity contribution in [3.8, 4) is 0 Å². The van der Waals surface area contributed by atoms with Crippen molar-refractivity contribution in [2.45, 2.75) is 6.92 Å². The van der Waals surface area contributed by atoms with Gasteiger partial charge in [-0.05, 0) is 18.6 Å². The molecule has 1 heterocycles. The second kappa shape index (κ2) is 2.92. The van der Waals surface area contributed by atoms with Crippen LogP contribution in [0.25, 0.3) is 10.9 Å². The third kappa shape index (κ3) is 1.25. The molecule has 0 N–H and O–H groups in total. The Morgan fingerprint density at radius 1 is 1.46 bits per heavy atom. The predicted molar refractivity (Wildman–Crippen MR) is 49.2 cm³/mol. The quantitative estimate of drug-likeness (QED) is 0.648. The summed E-state index contributed by atoms with van der Waals surface area (Å²) in [4.78, 5) is 7.72. The summed E-state index contributed by atoms with van der Waals surface area (Å²) in [7, 11) is 0. The second-order valence-corrected chi connectivity index (χ2v) is 3.16. The minimum absolute atomic E-state index is 0.383. The van der Waals surface area contributed by atoms with Gasteiger partial charge in [-0.25, -0.2) is 14.4 Å². The first-order valence-corrected chi connectivity index (χ1v) is 4.12. The van der Waals surface area contributed by atoms with Gasteiger partial charge in [0.1, 0.15) is 12.1 Å². The van der Waals surface area contributed by atoms with Crippen LogP contribution in [0.5, 0.6) is 0 Å². The SMILES string of the molecule is Cc1c(Cl)cc(F)c2cncnc12. The topological polar surface area (TPSA) is 25.8 Å². The lowest BCUT2D eigenvalue weighted by molar-refractivity contribution is 0.639. The smallest absolute Gasteiger partial charge is 0.135 e. The van der Waals surface area contributed by atoms with Crippen molar-refractivity contribution < 1.29 is 4.39 Å². The average Bonchev–Trinajstić information content (AvgIpc) is 2.15. The maximum Gasteiger partial charge on any atom is 0.135 e. The zero-order valence-electron chi connectivity index (χ0n) is 6.88. The normalized spacial score (nSPS) is 10.7. The number of halogens is 2. The van der Waals surface area contributed by atoms with E-state index in [0.717, 1.165) is 5.56 Å². The van der Waals surface area contributed by atoms with Crippen LogP contribution >= 0.6 is 11.6 Å². The largest absolute Gasteiger partial charge is 0.244 e. The molecule has 0 saturated heterocycles. The Labute approximate surface area is 79.4 Å². The molecule has 1 aromatic heterocycles. The van der Waals surface area contributed by atoms with Crippen molar-refractivity contribution in [2.24, 2.45) is 0 Å². The fraction of sp³-hybridized carbons (Fsp3) is 0.111. The van der Waals surface area contributed by atoms with Crippen molar-refractivity contribution in [1.29, 1.82) is 0 Å². The third-order valence-corrected chi connectivity index (χ3v) is 2.33. The molecular weight excluding hydrogens is 191 g/mol. The minimum atomic E-state index is -0.383. The van der Waals surface area contributed by atoms with Crippen LogP contribution < -0.4 is 0 Å². The molecule has 0 spiro atoms. The molecule has 0 aliphatic heterocycles. The number of rotatable bonds is 0. The first-order valence-electron chi connectivity index (χ1n) is 3.74.